The van der Waals surface area contributed by atoms with E-state index in [9.17, 15) is 4.79 Å². The summed E-state index contributed by atoms with van der Waals surface area (Å²) in [6.07, 6.45) is -0.383. The van der Waals surface area contributed by atoms with Crippen molar-refractivity contribution in [3.05, 3.63) is 35.9 Å². The minimum absolute atomic E-state index is 0.383. The molecule has 1 heterocycles. The summed E-state index contributed by atoms with van der Waals surface area (Å²) in [4.78, 5) is 13.7. The SMILES string of the molecule is CC(C)(C)OC(=O)NCc1ccccc1.COCCN1CCOCC1. The number of hydrogen-bond acceptors (Lipinski definition) is 5. The highest BCUT2D eigenvalue weighted by Gasteiger charge is 2.15. The first kappa shape index (κ1) is 21.4. The molecular formula is C19H32N2O4. The van der Waals surface area contributed by atoms with E-state index in [1.807, 2.05) is 51.1 Å². The molecule has 2 rings (SSSR count). The number of benzene rings is 1. The minimum atomic E-state index is -0.444. The smallest absolute Gasteiger partial charge is 0.407 e. The third kappa shape index (κ3) is 11.5. The molecule has 1 aromatic carbocycles. The first-order valence-electron chi connectivity index (χ1n) is 8.70. The van der Waals surface area contributed by atoms with Crippen LogP contribution >= 0.6 is 0 Å². The summed E-state index contributed by atoms with van der Waals surface area (Å²) < 4.78 is 15.3. The van der Waals surface area contributed by atoms with Crippen LogP contribution in [-0.2, 0) is 20.8 Å². The summed E-state index contributed by atoms with van der Waals surface area (Å²) >= 11 is 0. The fraction of sp³-hybridized carbons (Fsp3) is 0.632. The van der Waals surface area contributed by atoms with Gasteiger partial charge in [0.05, 0.1) is 19.8 Å². The molecule has 1 fully saturated rings. The van der Waals surface area contributed by atoms with Crippen LogP contribution in [0.4, 0.5) is 4.79 Å². The Labute approximate surface area is 151 Å². The molecule has 6 nitrogen and oxygen atoms in total. The van der Waals surface area contributed by atoms with Crippen LogP contribution in [0.5, 0.6) is 0 Å². The largest absolute Gasteiger partial charge is 0.444 e. The maximum absolute atomic E-state index is 11.3. The topological polar surface area (TPSA) is 60.0 Å². The number of ether oxygens (including phenoxy) is 3. The molecular weight excluding hydrogens is 320 g/mol. The van der Waals surface area contributed by atoms with Crippen molar-refractivity contribution in [2.75, 3.05) is 46.6 Å². The van der Waals surface area contributed by atoms with Gasteiger partial charge in [0, 0.05) is 33.3 Å². The van der Waals surface area contributed by atoms with E-state index in [4.69, 9.17) is 14.2 Å². The fourth-order valence-electron chi connectivity index (χ4n) is 2.13. The van der Waals surface area contributed by atoms with Crippen LogP contribution < -0.4 is 5.32 Å². The number of carbonyl (C=O) groups is 1. The summed E-state index contributed by atoms with van der Waals surface area (Å²) in [6, 6.07) is 9.73. The Morgan fingerprint density at radius 1 is 1.20 bits per heavy atom. The lowest BCUT2D eigenvalue weighted by Gasteiger charge is -2.25. The molecule has 0 unspecified atom stereocenters. The van der Waals surface area contributed by atoms with Crippen LogP contribution in [0.2, 0.25) is 0 Å². The maximum Gasteiger partial charge on any atom is 0.407 e. The van der Waals surface area contributed by atoms with Crippen molar-refractivity contribution in [1.29, 1.82) is 0 Å². The van der Waals surface area contributed by atoms with Gasteiger partial charge in [0.25, 0.3) is 0 Å². The molecule has 25 heavy (non-hydrogen) atoms. The van der Waals surface area contributed by atoms with Crippen molar-refractivity contribution >= 4 is 6.09 Å². The fourth-order valence-corrected chi connectivity index (χ4v) is 2.13. The van der Waals surface area contributed by atoms with Crippen LogP contribution in [0.1, 0.15) is 26.3 Å². The molecule has 0 saturated carbocycles. The second-order valence-electron chi connectivity index (χ2n) is 6.79. The lowest BCUT2D eigenvalue weighted by atomic mass is 10.2. The van der Waals surface area contributed by atoms with Gasteiger partial charge < -0.3 is 19.5 Å². The number of alkyl carbamates (subject to hydrolysis) is 1. The molecule has 6 heteroatoms. The Balaban J connectivity index is 0.000000271. The van der Waals surface area contributed by atoms with Crippen LogP contribution in [0.3, 0.4) is 0 Å². The van der Waals surface area contributed by atoms with Crippen molar-refractivity contribution in [2.24, 2.45) is 0 Å². The lowest BCUT2D eigenvalue weighted by Crippen LogP contribution is -2.38. The zero-order valence-electron chi connectivity index (χ0n) is 15.9. The summed E-state index contributed by atoms with van der Waals surface area (Å²) in [6.45, 7) is 11.8. The van der Waals surface area contributed by atoms with Crippen molar-refractivity contribution < 1.29 is 19.0 Å². The van der Waals surface area contributed by atoms with E-state index in [2.05, 4.69) is 10.2 Å². The van der Waals surface area contributed by atoms with Gasteiger partial charge in [-0.15, -0.1) is 0 Å². The quantitative estimate of drug-likeness (QED) is 0.883. The molecule has 1 aromatic rings. The molecule has 1 amide bonds. The Morgan fingerprint density at radius 3 is 2.40 bits per heavy atom. The van der Waals surface area contributed by atoms with Gasteiger partial charge >= 0.3 is 6.09 Å². The molecule has 142 valence electrons. The molecule has 0 atom stereocenters. The van der Waals surface area contributed by atoms with E-state index in [1.165, 1.54) is 0 Å². The van der Waals surface area contributed by atoms with E-state index in [1.54, 1.807) is 7.11 Å². The van der Waals surface area contributed by atoms with E-state index in [0.29, 0.717) is 6.54 Å². The summed E-state index contributed by atoms with van der Waals surface area (Å²) in [5.74, 6) is 0. The van der Waals surface area contributed by atoms with Crippen molar-refractivity contribution in [1.82, 2.24) is 10.2 Å². The van der Waals surface area contributed by atoms with Crippen molar-refractivity contribution in [2.45, 2.75) is 32.9 Å². The van der Waals surface area contributed by atoms with E-state index >= 15 is 0 Å². The number of hydrogen-bond donors (Lipinski definition) is 1. The number of morpholine rings is 1. The zero-order chi connectivity index (χ0) is 18.5. The summed E-state index contributed by atoms with van der Waals surface area (Å²) in [5, 5.41) is 2.69. The standard InChI is InChI=1S/C12H17NO2.C7H15NO2/c1-12(2,3)15-11(14)13-9-10-7-5-4-6-8-10;1-9-5-2-8-3-6-10-7-4-8/h4-8H,9H2,1-3H3,(H,13,14);2-7H2,1H3. The van der Waals surface area contributed by atoms with Crippen molar-refractivity contribution in [3.63, 3.8) is 0 Å². The molecule has 0 aromatic heterocycles. The van der Waals surface area contributed by atoms with Crippen molar-refractivity contribution in [3.8, 4) is 0 Å². The van der Waals surface area contributed by atoms with Gasteiger partial charge in [-0.05, 0) is 26.3 Å². The maximum atomic E-state index is 11.3. The summed E-state index contributed by atoms with van der Waals surface area (Å²) in [5.41, 5.74) is 0.615. The van der Waals surface area contributed by atoms with E-state index in [0.717, 1.165) is 45.0 Å². The number of methoxy groups -OCH3 is 1. The average Bonchev–Trinajstić information content (AvgIpc) is 2.59. The van der Waals surface area contributed by atoms with E-state index < -0.39 is 5.60 Å². The Kier molecular flexibility index (Phi) is 10.1. The number of rotatable bonds is 5. The van der Waals surface area contributed by atoms with Gasteiger partial charge in [-0.2, -0.15) is 0 Å². The van der Waals surface area contributed by atoms with Crippen LogP contribution in [-0.4, -0.2) is 63.2 Å². The highest BCUT2D eigenvalue weighted by Crippen LogP contribution is 2.07. The number of amides is 1. The second kappa shape index (κ2) is 11.8. The molecule has 0 bridgehead atoms. The van der Waals surface area contributed by atoms with Crippen LogP contribution in [0.15, 0.2) is 30.3 Å². The Hall–Kier alpha value is -1.63. The third-order valence-corrected chi connectivity index (χ3v) is 3.39. The molecule has 1 N–H and O–H groups in total. The molecule has 0 radical (unpaired) electrons. The molecule has 1 aliphatic heterocycles. The highest BCUT2D eigenvalue weighted by atomic mass is 16.6. The molecule has 1 saturated heterocycles. The lowest BCUT2D eigenvalue weighted by molar-refractivity contribution is 0.0263. The highest BCUT2D eigenvalue weighted by molar-refractivity contribution is 5.67. The van der Waals surface area contributed by atoms with Crippen LogP contribution in [0.25, 0.3) is 0 Å². The van der Waals surface area contributed by atoms with Gasteiger partial charge in [-0.25, -0.2) is 4.79 Å². The van der Waals surface area contributed by atoms with Gasteiger partial charge in [0.15, 0.2) is 0 Å². The number of nitrogens with one attached hydrogen (secondary N) is 1. The third-order valence-electron chi connectivity index (χ3n) is 3.39. The molecule has 0 aliphatic carbocycles. The second-order valence-corrected chi connectivity index (χ2v) is 6.79. The van der Waals surface area contributed by atoms with Gasteiger partial charge in [0.1, 0.15) is 5.60 Å². The zero-order valence-corrected chi connectivity index (χ0v) is 15.9. The summed E-state index contributed by atoms with van der Waals surface area (Å²) in [7, 11) is 1.74. The molecule has 0 spiro atoms. The van der Waals surface area contributed by atoms with Gasteiger partial charge in [-0.1, -0.05) is 30.3 Å². The monoisotopic (exact) mass is 352 g/mol. The van der Waals surface area contributed by atoms with E-state index in [-0.39, 0.29) is 6.09 Å². The normalized spacial score (nSPS) is 15.0. The van der Waals surface area contributed by atoms with Gasteiger partial charge in [-0.3, -0.25) is 4.90 Å². The number of carbonyl (C=O) groups excluding carboxylic acids is 1. The Bertz CT molecular complexity index is 468. The molecule has 1 aliphatic rings. The van der Waals surface area contributed by atoms with Crippen LogP contribution in [0, 0.1) is 0 Å². The number of nitrogens with zero attached hydrogens (tertiary/aromatic N) is 1. The van der Waals surface area contributed by atoms with Gasteiger partial charge in [0.2, 0.25) is 0 Å². The minimum Gasteiger partial charge on any atom is -0.444 e. The predicted molar refractivity (Wildman–Crippen MR) is 98.7 cm³/mol. The first-order chi connectivity index (χ1) is 11.9. The predicted octanol–water partition coefficient (Wildman–Crippen LogP) is 2.68. The average molecular weight is 352 g/mol. The first-order valence-corrected chi connectivity index (χ1v) is 8.70. The Morgan fingerprint density at radius 2 is 1.84 bits per heavy atom.